The second-order valence-electron chi connectivity index (χ2n) is 5.87. The van der Waals surface area contributed by atoms with Gasteiger partial charge in [0.15, 0.2) is 6.61 Å². The van der Waals surface area contributed by atoms with Crippen LogP contribution in [-0.4, -0.2) is 69.4 Å². The van der Waals surface area contributed by atoms with Crippen LogP contribution in [-0.2, 0) is 24.3 Å². The molecule has 0 radical (unpaired) electrons. The van der Waals surface area contributed by atoms with E-state index in [-0.39, 0.29) is 50.0 Å². The summed E-state index contributed by atoms with van der Waals surface area (Å²) >= 11 is 0. The molecule has 1 saturated heterocycles. The Morgan fingerprint density at radius 3 is 2.23 bits per heavy atom. The quantitative estimate of drug-likeness (QED) is 0.648. The molecule has 8 nitrogen and oxygen atoms in total. The van der Waals surface area contributed by atoms with E-state index >= 15 is 0 Å². The first-order valence-electron chi connectivity index (χ1n) is 8.46. The lowest BCUT2D eigenvalue weighted by Crippen LogP contribution is -2.51. The van der Waals surface area contributed by atoms with E-state index in [1.165, 1.54) is 28.4 Å². The summed E-state index contributed by atoms with van der Waals surface area (Å²) < 4.78 is 36.6. The molecule has 1 aromatic rings. The number of hydrogen-bond acceptors (Lipinski definition) is 6. The SMILES string of the molecule is CCCC(=O)OCC(=O)N1CCN(S(=O)(=O)c2ccc(OC)cc2)CC1. The van der Waals surface area contributed by atoms with Crippen LogP contribution in [0.4, 0.5) is 0 Å². The molecule has 1 aromatic carbocycles. The molecule has 26 heavy (non-hydrogen) atoms. The molecule has 0 bridgehead atoms. The van der Waals surface area contributed by atoms with Gasteiger partial charge >= 0.3 is 5.97 Å². The first kappa shape index (κ1) is 20.2. The fraction of sp³-hybridized carbons (Fsp3) is 0.529. The molecule has 1 amide bonds. The lowest BCUT2D eigenvalue weighted by Gasteiger charge is -2.33. The van der Waals surface area contributed by atoms with Crippen LogP contribution in [0.1, 0.15) is 19.8 Å². The minimum absolute atomic E-state index is 0.187. The molecule has 0 aliphatic carbocycles. The predicted molar refractivity (Wildman–Crippen MR) is 94.2 cm³/mol. The smallest absolute Gasteiger partial charge is 0.306 e. The molecule has 0 unspecified atom stereocenters. The highest BCUT2D eigenvalue weighted by Gasteiger charge is 2.30. The lowest BCUT2D eigenvalue weighted by molar-refractivity contribution is -0.152. The molecule has 1 aliphatic heterocycles. The minimum atomic E-state index is -3.61. The largest absolute Gasteiger partial charge is 0.497 e. The lowest BCUT2D eigenvalue weighted by atomic mass is 10.3. The number of esters is 1. The van der Waals surface area contributed by atoms with Crippen LogP contribution in [0.25, 0.3) is 0 Å². The Balaban J connectivity index is 1.90. The van der Waals surface area contributed by atoms with Crippen molar-refractivity contribution < 1.29 is 27.5 Å². The zero-order valence-electron chi connectivity index (χ0n) is 15.0. The van der Waals surface area contributed by atoms with Crippen LogP contribution in [0.3, 0.4) is 0 Å². The van der Waals surface area contributed by atoms with Gasteiger partial charge in [0.05, 0.1) is 12.0 Å². The third-order valence-electron chi connectivity index (χ3n) is 4.10. The Morgan fingerprint density at radius 1 is 1.08 bits per heavy atom. The van der Waals surface area contributed by atoms with Crippen LogP contribution < -0.4 is 4.74 Å². The number of nitrogens with zero attached hydrogens (tertiary/aromatic N) is 2. The standard InChI is InChI=1S/C17H24N2O6S/c1-3-4-17(21)25-13-16(20)18-9-11-19(12-10-18)26(22,23)15-7-5-14(24-2)6-8-15/h5-8H,3-4,9-13H2,1-2H3. The Kier molecular flexibility index (Phi) is 6.98. The number of benzene rings is 1. The van der Waals surface area contributed by atoms with Crippen molar-refractivity contribution >= 4 is 21.9 Å². The van der Waals surface area contributed by atoms with Crippen molar-refractivity contribution in [1.29, 1.82) is 0 Å². The topological polar surface area (TPSA) is 93.2 Å². The van der Waals surface area contributed by atoms with Gasteiger partial charge < -0.3 is 14.4 Å². The van der Waals surface area contributed by atoms with Gasteiger partial charge in [-0.1, -0.05) is 6.92 Å². The van der Waals surface area contributed by atoms with Crippen molar-refractivity contribution in [2.24, 2.45) is 0 Å². The molecule has 1 aliphatic rings. The molecule has 0 saturated carbocycles. The summed E-state index contributed by atoms with van der Waals surface area (Å²) in [7, 11) is -2.10. The van der Waals surface area contributed by atoms with E-state index in [4.69, 9.17) is 9.47 Å². The van der Waals surface area contributed by atoms with E-state index in [0.29, 0.717) is 12.2 Å². The average molecular weight is 384 g/mol. The summed E-state index contributed by atoms with van der Waals surface area (Å²) in [6.07, 6.45) is 0.941. The fourth-order valence-corrected chi connectivity index (χ4v) is 4.01. The molecule has 2 rings (SSSR count). The fourth-order valence-electron chi connectivity index (χ4n) is 2.58. The Bertz CT molecular complexity index is 724. The summed E-state index contributed by atoms with van der Waals surface area (Å²) in [4.78, 5) is 25.1. The van der Waals surface area contributed by atoms with Crippen LogP contribution >= 0.6 is 0 Å². The molecular formula is C17H24N2O6S. The third kappa shape index (κ3) is 4.95. The van der Waals surface area contributed by atoms with Gasteiger partial charge in [0.2, 0.25) is 10.0 Å². The van der Waals surface area contributed by atoms with Gasteiger partial charge in [-0.05, 0) is 30.7 Å². The van der Waals surface area contributed by atoms with Gasteiger partial charge in [0.25, 0.3) is 5.91 Å². The van der Waals surface area contributed by atoms with Gasteiger partial charge in [-0.3, -0.25) is 9.59 Å². The van der Waals surface area contributed by atoms with Crippen molar-refractivity contribution in [3.63, 3.8) is 0 Å². The number of carbonyl (C=O) groups excluding carboxylic acids is 2. The molecule has 1 fully saturated rings. The highest BCUT2D eigenvalue weighted by atomic mass is 32.2. The molecule has 9 heteroatoms. The number of amides is 1. The van der Waals surface area contributed by atoms with Gasteiger partial charge in [-0.15, -0.1) is 0 Å². The maximum absolute atomic E-state index is 12.7. The molecular weight excluding hydrogens is 360 g/mol. The van der Waals surface area contributed by atoms with Crippen LogP contribution in [0.5, 0.6) is 5.75 Å². The van der Waals surface area contributed by atoms with E-state index in [1.807, 2.05) is 6.92 Å². The van der Waals surface area contributed by atoms with Gasteiger partial charge in [0, 0.05) is 32.6 Å². The molecule has 0 aromatic heterocycles. The van der Waals surface area contributed by atoms with Gasteiger partial charge in [-0.25, -0.2) is 8.42 Å². The molecule has 1 heterocycles. The zero-order valence-corrected chi connectivity index (χ0v) is 15.8. The van der Waals surface area contributed by atoms with E-state index in [9.17, 15) is 18.0 Å². The summed E-state index contributed by atoms with van der Waals surface area (Å²) in [5.41, 5.74) is 0. The highest BCUT2D eigenvalue weighted by Crippen LogP contribution is 2.20. The summed E-state index contributed by atoms with van der Waals surface area (Å²) in [5, 5.41) is 0. The van der Waals surface area contributed by atoms with Crippen molar-refractivity contribution in [1.82, 2.24) is 9.21 Å². The highest BCUT2D eigenvalue weighted by molar-refractivity contribution is 7.89. The number of methoxy groups -OCH3 is 1. The first-order chi connectivity index (χ1) is 12.4. The average Bonchev–Trinajstić information content (AvgIpc) is 2.66. The molecule has 144 valence electrons. The monoisotopic (exact) mass is 384 g/mol. The second kappa shape index (κ2) is 9.00. The van der Waals surface area contributed by atoms with Crippen LogP contribution in [0.2, 0.25) is 0 Å². The maximum atomic E-state index is 12.7. The number of ether oxygens (including phenoxy) is 2. The number of piperazine rings is 1. The predicted octanol–water partition coefficient (Wildman–Crippen LogP) is 0.871. The molecule has 0 spiro atoms. The maximum Gasteiger partial charge on any atom is 0.306 e. The van der Waals surface area contributed by atoms with Crippen molar-refractivity contribution in [3.8, 4) is 5.75 Å². The number of carbonyl (C=O) groups is 2. The molecule has 0 N–H and O–H groups in total. The third-order valence-corrected chi connectivity index (χ3v) is 6.01. The van der Waals surface area contributed by atoms with E-state index < -0.39 is 16.0 Å². The Morgan fingerprint density at radius 2 is 1.69 bits per heavy atom. The van der Waals surface area contributed by atoms with Gasteiger partial charge in [-0.2, -0.15) is 4.31 Å². The molecule has 0 atom stereocenters. The summed E-state index contributed by atoms with van der Waals surface area (Å²) in [6.45, 7) is 2.47. The Labute approximate surface area is 153 Å². The number of rotatable bonds is 7. The summed E-state index contributed by atoms with van der Waals surface area (Å²) in [6, 6.07) is 6.19. The van der Waals surface area contributed by atoms with E-state index in [1.54, 1.807) is 12.1 Å². The van der Waals surface area contributed by atoms with Crippen molar-refractivity contribution in [3.05, 3.63) is 24.3 Å². The Hall–Kier alpha value is -2.13. The summed E-state index contributed by atoms with van der Waals surface area (Å²) in [5.74, 6) is -0.130. The van der Waals surface area contributed by atoms with Crippen LogP contribution in [0, 0.1) is 0 Å². The van der Waals surface area contributed by atoms with Crippen molar-refractivity contribution in [2.75, 3.05) is 39.9 Å². The van der Waals surface area contributed by atoms with Crippen LogP contribution in [0.15, 0.2) is 29.2 Å². The zero-order chi connectivity index (χ0) is 19.2. The van der Waals surface area contributed by atoms with E-state index in [0.717, 1.165) is 0 Å². The minimum Gasteiger partial charge on any atom is -0.497 e. The number of sulfonamides is 1. The van der Waals surface area contributed by atoms with Crippen molar-refractivity contribution in [2.45, 2.75) is 24.7 Å². The first-order valence-corrected chi connectivity index (χ1v) is 9.90. The normalized spacial score (nSPS) is 15.5. The number of hydrogen-bond donors (Lipinski definition) is 0. The van der Waals surface area contributed by atoms with Gasteiger partial charge in [0.1, 0.15) is 5.75 Å². The second-order valence-corrected chi connectivity index (χ2v) is 7.81. The van der Waals surface area contributed by atoms with E-state index in [2.05, 4.69) is 0 Å².